The molecule has 0 bridgehead atoms. The van der Waals surface area contributed by atoms with E-state index < -0.39 is 0 Å². The number of hydrogen-bond acceptors (Lipinski definition) is 3. The Labute approximate surface area is 133 Å². The first-order valence-corrected chi connectivity index (χ1v) is 7.88. The Balaban J connectivity index is 1.96. The van der Waals surface area contributed by atoms with Crippen LogP contribution in [0.1, 0.15) is 23.7 Å². The Morgan fingerprint density at radius 3 is 3.00 bits per heavy atom. The molecule has 1 aromatic rings. The molecule has 5 heteroatoms. The fourth-order valence-electron chi connectivity index (χ4n) is 2.73. The number of nitrogens with one attached hydrogen (secondary N) is 1. The Morgan fingerprint density at radius 2 is 2.27 bits per heavy atom. The Bertz CT molecular complexity index is 491. The van der Waals surface area contributed by atoms with E-state index in [1.807, 2.05) is 7.05 Å². The van der Waals surface area contributed by atoms with Gasteiger partial charge in [0.15, 0.2) is 5.96 Å². The van der Waals surface area contributed by atoms with Gasteiger partial charge in [-0.1, -0.05) is 24.3 Å². The fourth-order valence-corrected chi connectivity index (χ4v) is 2.73. The fraction of sp³-hybridized carbons (Fsp3) is 0.588. The number of methoxy groups -OCH3 is 1. The van der Waals surface area contributed by atoms with Gasteiger partial charge in [0.05, 0.1) is 13.2 Å². The molecular weight excluding hydrogens is 278 g/mol. The number of benzene rings is 1. The Kier molecular flexibility index (Phi) is 6.68. The van der Waals surface area contributed by atoms with Crippen LogP contribution in [0.3, 0.4) is 0 Å². The van der Waals surface area contributed by atoms with Gasteiger partial charge in [-0.15, -0.1) is 0 Å². The van der Waals surface area contributed by atoms with Crippen LogP contribution in [0.25, 0.3) is 0 Å². The summed E-state index contributed by atoms with van der Waals surface area (Å²) < 4.78 is 11.0. The van der Waals surface area contributed by atoms with Crippen molar-refractivity contribution in [3.63, 3.8) is 0 Å². The van der Waals surface area contributed by atoms with Gasteiger partial charge in [-0.05, 0) is 24.5 Å². The van der Waals surface area contributed by atoms with Crippen molar-refractivity contribution in [2.45, 2.75) is 19.4 Å². The lowest BCUT2D eigenvalue weighted by molar-refractivity contribution is -0.00833. The van der Waals surface area contributed by atoms with E-state index in [-0.39, 0.29) is 6.10 Å². The third-order valence-electron chi connectivity index (χ3n) is 3.92. The summed E-state index contributed by atoms with van der Waals surface area (Å²) in [6, 6.07) is 8.42. The summed E-state index contributed by atoms with van der Waals surface area (Å²) in [5.41, 5.74) is 2.54. The molecule has 1 saturated heterocycles. The predicted molar refractivity (Wildman–Crippen MR) is 89.3 cm³/mol. The van der Waals surface area contributed by atoms with E-state index in [1.54, 1.807) is 7.11 Å². The van der Waals surface area contributed by atoms with E-state index >= 15 is 0 Å². The van der Waals surface area contributed by atoms with Crippen molar-refractivity contribution in [2.24, 2.45) is 4.99 Å². The highest BCUT2D eigenvalue weighted by Gasteiger charge is 2.24. The molecule has 1 fully saturated rings. The number of hydrogen-bond donors (Lipinski definition) is 1. The van der Waals surface area contributed by atoms with Gasteiger partial charge in [-0.25, -0.2) is 0 Å². The van der Waals surface area contributed by atoms with Crippen LogP contribution in [0.5, 0.6) is 0 Å². The summed E-state index contributed by atoms with van der Waals surface area (Å²) in [7, 11) is 3.56. The number of aliphatic imine (C=N–C) groups is 1. The zero-order valence-electron chi connectivity index (χ0n) is 13.8. The molecular formula is C17H27N3O2. The van der Waals surface area contributed by atoms with Crippen molar-refractivity contribution in [3.05, 3.63) is 35.4 Å². The summed E-state index contributed by atoms with van der Waals surface area (Å²) in [6.45, 7) is 6.18. The molecule has 0 aliphatic carbocycles. The number of nitrogens with zero attached hydrogens (tertiary/aromatic N) is 2. The standard InChI is InChI=1S/C17H27N3O2/c1-14-7-4-5-8-15(14)16-13-20(10-12-22-16)17(18-2)19-9-6-11-21-3/h4-5,7-8,16H,6,9-13H2,1-3H3,(H,18,19). The maximum Gasteiger partial charge on any atom is 0.193 e. The van der Waals surface area contributed by atoms with Crippen molar-refractivity contribution in [2.75, 3.05) is 47.0 Å². The van der Waals surface area contributed by atoms with Gasteiger partial charge in [-0.3, -0.25) is 4.99 Å². The predicted octanol–water partition coefficient (Wildman–Crippen LogP) is 1.98. The highest BCUT2D eigenvalue weighted by Crippen LogP contribution is 2.24. The molecule has 5 nitrogen and oxygen atoms in total. The zero-order chi connectivity index (χ0) is 15.8. The Morgan fingerprint density at radius 1 is 1.45 bits per heavy atom. The number of rotatable bonds is 5. The minimum atomic E-state index is 0.104. The number of aryl methyl sites for hydroxylation is 1. The van der Waals surface area contributed by atoms with Crippen molar-refractivity contribution in [1.29, 1.82) is 0 Å². The second-order valence-electron chi connectivity index (χ2n) is 5.48. The summed E-state index contributed by atoms with van der Waals surface area (Å²) >= 11 is 0. The van der Waals surface area contributed by atoms with E-state index in [4.69, 9.17) is 9.47 Å². The molecule has 2 rings (SSSR count). The topological polar surface area (TPSA) is 46.1 Å². The van der Waals surface area contributed by atoms with Crippen molar-refractivity contribution in [1.82, 2.24) is 10.2 Å². The molecule has 1 N–H and O–H groups in total. The van der Waals surface area contributed by atoms with E-state index in [2.05, 4.69) is 46.4 Å². The van der Waals surface area contributed by atoms with E-state index in [9.17, 15) is 0 Å². The third kappa shape index (κ3) is 4.45. The van der Waals surface area contributed by atoms with Gasteiger partial charge < -0.3 is 19.7 Å². The monoisotopic (exact) mass is 305 g/mol. The van der Waals surface area contributed by atoms with Crippen LogP contribution in [-0.2, 0) is 9.47 Å². The first-order valence-electron chi connectivity index (χ1n) is 7.88. The van der Waals surface area contributed by atoms with Gasteiger partial charge in [0.1, 0.15) is 6.10 Å². The molecule has 1 aliphatic rings. The summed E-state index contributed by atoms with van der Waals surface area (Å²) in [5, 5.41) is 3.40. The first-order chi connectivity index (χ1) is 10.8. The molecule has 22 heavy (non-hydrogen) atoms. The van der Waals surface area contributed by atoms with E-state index in [0.29, 0.717) is 0 Å². The van der Waals surface area contributed by atoms with Crippen LogP contribution in [0.4, 0.5) is 0 Å². The third-order valence-corrected chi connectivity index (χ3v) is 3.92. The smallest absolute Gasteiger partial charge is 0.193 e. The zero-order valence-corrected chi connectivity index (χ0v) is 13.8. The molecule has 0 aromatic heterocycles. The second kappa shape index (κ2) is 8.76. The first kappa shape index (κ1) is 16.8. The highest BCUT2D eigenvalue weighted by molar-refractivity contribution is 5.80. The molecule has 122 valence electrons. The lowest BCUT2D eigenvalue weighted by atomic mass is 10.0. The van der Waals surface area contributed by atoms with Crippen LogP contribution in [-0.4, -0.2) is 57.9 Å². The van der Waals surface area contributed by atoms with Crippen LogP contribution in [0.2, 0.25) is 0 Å². The lowest BCUT2D eigenvalue weighted by Crippen LogP contribution is -2.48. The molecule has 1 atom stereocenters. The maximum absolute atomic E-state index is 5.97. The van der Waals surface area contributed by atoms with Gasteiger partial charge in [0.2, 0.25) is 0 Å². The SMILES string of the molecule is CN=C(NCCCOC)N1CCOC(c2ccccc2C)C1. The normalized spacial score (nSPS) is 19.3. The molecule has 0 radical (unpaired) electrons. The quantitative estimate of drug-likeness (QED) is 0.513. The van der Waals surface area contributed by atoms with Gasteiger partial charge in [0.25, 0.3) is 0 Å². The molecule has 0 spiro atoms. The summed E-state index contributed by atoms with van der Waals surface area (Å²) in [6.07, 6.45) is 1.08. The number of morpholine rings is 1. The molecule has 1 heterocycles. The van der Waals surface area contributed by atoms with Crippen molar-refractivity contribution < 1.29 is 9.47 Å². The highest BCUT2D eigenvalue weighted by atomic mass is 16.5. The Hall–Kier alpha value is -1.59. The van der Waals surface area contributed by atoms with Crippen molar-refractivity contribution in [3.8, 4) is 0 Å². The van der Waals surface area contributed by atoms with E-state index in [0.717, 1.165) is 45.2 Å². The van der Waals surface area contributed by atoms with Crippen LogP contribution >= 0.6 is 0 Å². The maximum atomic E-state index is 5.97. The second-order valence-corrected chi connectivity index (χ2v) is 5.48. The number of ether oxygens (including phenoxy) is 2. The minimum absolute atomic E-state index is 0.104. The summed E-state index contributed by atoms with van der Waals surface area (Å²) in [5.74, 6) is 0.943. The molecule has 1 aliphatic heterocycles. The van der Waals surface area contributed by atoms with E-state index in [1.165, 1.54) is 11.1 Å². The average molecular weight is 305 g/mol. The molecule has 0 saturated carbocycles. The average Bonchev–Trinajstić information content (AvgIpc) is 2.55. The lowest BCUT2D eigenvalue weighted by Gasteiger charge is -2.35. The molecule has 1 aromatic carbocycles. The van der Waals surface area contributed by atoms with Gasteiger partial charge >= 0.3 is 0 Å². The largest absolute Gasteiger partial charge is 0.385 e. The molecule has 1 unspecified atom stereocenters. The van der Waals surface area contributed by atoms with Crippen LogP contribution in [0, 0.1) is 6.92 Å². The number of guanidine groups is 1. The van der Waals surface area contributed by atoms with Gasteiger partial charge in [0, 0.05) is 33.9 Å². The summed E-state index contributed by atoms with van der Waals surface area (Å²) in [4.78, 5) is 6.67. The van der Waals surface area contributed by atoms with Crippen molar-refractivity contribution >= 4 is 5.96 Å². The molecule has 0 amide bonds. The minimum Gasteiger partial charge on any atom is -0.385 e. The van der Waals surface area contributed by atoms with Crippen LogP contribution in [0.15, 0.2) is 29.3 Å². The van der Waals surface area contributed by atoms with Gasteiger partial charge in [-0.2, -0.15) is 0 Å². The van der Waals surface area contributed by atoms with Crippen LogP contribution < -0.4 is 5.32 Å².